The number of thiophene rings is 1. The fourth-order valence-corrected chi connectivity index (χ4v) is 21.3. The van der Waals surface area contributed by atoms with Crippen molar-refractivity contribution in [1.82, 2.24) is 24.4 Å². The Labute approximate surface area is 346 Å². The Bertz CT molecular complexity index is 2160. The first-order valence-electron chi connectivity index (χ1n) is 19.4. The highest BCUT2D eigenvalue weighted by Crippen LogP contribution is 2.52. The normalized spacial score (nSPS) is 19.5. The molecule has 10 nitrogen and oxygen atoms in total. The highest BCUT2D eigenvalue weighted by molar-refractivity contribution is 7.99. The number of thioether (sulfide) groups is 1. The summed E-state index contributed by atoms with van der Waals surface area (Å²) in [6.07, 6.45) is -2.87. The van der Waals surface area contributed by atoms with Crippen LogP contribution in [0.1, 0.15) is 81.7 Å². The molecule has 0 spiro atoms. The minimum absolute atomic E-state index is 0.00397. The van der Waals surface area contributed by atoms with Crippen LogP contribution in [0, 0.1) is 0 Å². The molecule has 5 heterocycles. The summed E-state index contributed by atoms with van der Waals surface area (Å²) in [5.41, 5.74) is -1.02. The Kier molecular flexibility index (Phi) is 12.2. The molecule has 0 radical (unpaired) electrons. The summed E-state index contributed by atoms with van der Waals surface area (Å²) < 4.78 is 61.4. The fraction of sp³-hybridized carbons (Fsp3) is 0.575. The lowest BCUT2D eigenvalue weighted by atomic mass is 10.0. The van der Waals surface area contributed by atoms with Gasteiger partial charge >= 0.3 is 24.0 Å². The maximum absolute atomic E-state index is 15.7. The third kappa shape index (κ3) is 8.16. The monoisotopic (exact) mass is 864 g/mol. The van der Waals surface area contributed by atoms with Crippen molar-refractivity contribution in [3.05, 3.63) is 51.7 Å². The van der Waals surface area contributed by atoms with Gasteiger partial charge in [-0.3, -0.25) is 9.47 Å². The molecule has 0 N–H and O–H groups in total. The van der Waals surface area contributed by atoms with Crippen LogP contribution < -0.4 is 19.8 Å². The summed E-state index contributed by atoms with van der Waals surface area (Å²) in [6, 6.07) is 3.78. The largest absolute Gasteiger partial charge is 0.457 e. The van der Waals surface area contributed by atoms with Gasteiger partial charge < -0.3 is 14.4 Å². The Morgan fingerprint density at radius 2 is 1.56 bits per heavy atom. The van der Waals surface area contributed by atoms with Crippen molar-refractivity contribution in [2.24, 2.45) is 0 Å². The lowest BCUT2D eigenvalue weighted by Gasteiger charge is -2.45. The number of hydrogen-bond donors (Lipinski definition) is 0. The van der Waals surface area contributed by atoms with Gasteiger partial charge in [0.05, 0.1) is 34.7 Å². The van der Waals surface area contributed by atoms with E-state index in [1.54, 1.807) is 37.8 Å². The lowest BCUT2D eigenvalue weighted by Crippen LogP contribution is -2.59. The average Bonchev–Trinajstić information content (AvgIpc) is 3.35. The van der Waals surface area contributed by atoms with E-state index < -0.39 is 55.4 Å². The third-order valence-electron chi connectivity index (χ3n) is 11.1. The smallest absolute Gasteiger partial charge is 0.417 e. The number of rotatable bonds is 8. The van der Waals surface area contributed by atoms with E-state index in [1.807, 2.05) is 18.7 Å². The molecule has 57 heavy (non-hydrogen) atoms. The van der Waals surface area contributed by atoms with Gasteiger partial charge in [0.25, 0.3) is 0 Å². The summed E-state index contributed by atoms with van der Waals surface area (Å²) in [5, 5.41) is 0.672. The van der Waals surface area contributed by atoms with Gasteiger partial charge in [-0.25, -0.2) is 19.6 Å². The Morgan fingerprint density at radius 3 is 2.11 bits per heavy atom. The lowest BCUT2D eigenvalue weighted by molar-refractivity contribution is -0.137. The topological polar surface area (TPSA) is 103 Å². The van der Waals surface area contributed by atoms with Crippen LogP contribution in [0.5, 0.6) is 6.01 Å². The average molecular weight is 866 g/mol. The highest BCUT2D eigenvalue weighted by Gasteiger charge is 2.48. The molecule has 2 aliphatic rings. The molecule has 1 aromatic carbocycles. The number of aromatic nitrogens is 4. The van der Waals surface area contributed by atoms with E-state index in [0.717, 1.165) is 10.6 Å². The Hall–Kier alpha value is -3.34. The Balaban J connectivity index is 1.60. The van der Waals surface area contributed by atoms with Gasteiger partial charge in [-0.1, -0.05) is 53.1 Å². The van der Waals surface area contributed by atoms with Crippen molar-refractivity contribution in [1.29, 1.82) is 0 Å². The first kappa shape index (κ1) is 43.2. The van der Waals surface area contributed by atoms with Gasteiger partial charge in [0.15, 0.2) is 0 Å². The first-order chi connectivity index (χ1) is 26.6. The predicted molar refractivity (Wildman–Crippen MR) is 226 cm³/mol. The van der Waals surface area contributed by atoms with Gasteiger partial charge in [0, 0.05) is 56.5 Å². The number of nitrogens with zero attached hydrogens (tertiary/aromatic N) is 6. The van der Waals surface area contributed by atoms with Crippen LogP contribution in [0.4, 0.5) is 23.8 Å². The molecule has 0 saturated carbocycles. The molecule has 3 aromatic heterocycles. The van der Waals surface area contributed by atoms with Crippen molar-refractivity contribution in [3.8, 4) is 16.5 Å². The van der Waals surface area contributed by atoms with Gasteiger partial charge in [-0.2, -0.15) is 18.2 Å². The second-order valence-corrected chi connectivity index (χ2v) is 25.8. The molecule has 0 bridgehead atoms. The minimum Gasteiger partial charge on any atom is -0.457 e. The number of alkyl halides is 3. The van der Waals surface area contributed by atoms with Gasteiger partial charge in [0.1, 0.15) is 25.6 Å². The van der Waals surface area contributed by atoms with Crippen LogP contribution in [0.15, 0.2) is 40.3 Å². The summed E-state index contributed by atoms with van der Waals surface area (Å²) in [6.45, 7) is 22.7. The summed E-state index contributed by atoms with van der Waals surface area (Å²) >= 11 is 9.72. The third-order valence-corrected chi connectivity index (χ3v) is 22.0. The number of carbonyl (C=O) groups is 1. The number of benzene rings is 1. The molecule has 6 rings (SSSR count). The number of ether oxygens (including phenoxy) is 2. The van der Waals surface area contributed by atoms with Crippen molar-refractivity contribution >= 4 is 70.1 Å². The van der Waals surface area contributed by atoms with Crippen molar-refractivity contribution in [2.75, 3.05) is 23.7 Å². The molecule has 0 aliphatic carbocycles. The molecule has 0 unspecified atom stereocenters. The Morgan fingerprint density at radius 1 is 0.965 bits per heavy atom. The van der Waals surface area contributed by atoms with Gasteiger partial charge in [-0.05, 0) is 69.4 Å². The number of piperazine rings is 1. The highest BCUT2D eigenvalue weighted by atomic mass is 35.5. The zero-order valence-electron chi connectivity index (χ0n) is 34.3. The van der Waals surface area contributed by atoms with E-state index in [-0.39, 0.29) is 64.8 Å². The second-order valence-electron chi connectivity index (χ2n) is 17.1. The molecular formula is C40H52ClF3N6O4S2Si. The molecule has 17 heteroatoms. The quantitative estimate of drug-likeness (QED) is 0.160. The minimum atomic E-state index is -4.78. The van der Waals surface area contributed by atoms with Crippen molar-refractivity contribution in [2.45, 2.75) is 134 Å². The number of hydrogen-bond acceptors (Lipinski definition) is 10. The molecule has 310 valence electrons. The van der Waals surface area contributed by atoms with Crippen LogP contribution in [-0.4, -0.2) is 81.2 Å². The predicted octanol–water partition coefficient (Wildman–Crippen LogP) is 9.86. The maximum atomic E-state index is 15.7. The summed E-state index contributed by atoms with van der Waals surface area (Å²) in [7, 11) is -2.39. The van der Waals surface area contributed by atoms with Crippen LogP contribution in [0.25, 0.3) is 21.3 Å². The maximum Gasteiger partial charge on any atom is 0.417 e. The SMILES string of the molecule is CC(C)[Si](c1sc(-c2c(C(F)(F)F)cc3c(N4C[C@@H](C)N(C(=O)OC(C)(C)C)[C@@H](C)C4)nc(=O)n4c3c2SC[C@@H](Oc2ncccn2)C4)cc1Cl)(C(C)C)C(C)C. The van der Waals surface area contributed by atoms with Crippen molar-refractivity contribution < 1.29 is 27.4 Å². The zero-order chi connectivity index (χ0) is 41.9. The van der Waals surface area contributed by atoms with Crippen LogP contribution >= 0.6 is 34.7 Å². The van der Waals surface area contributed by atoms with E-state index in [2.05, 4.69) is 56.5 Å². The molecule has 1 fully saturated rings. The van der Waals surface area contributed by atoms with Crippen molar-refractivity contribution in [3.63, 3.8) is 0 Å². The fourth-order valence-electron chi connectivity index (χ4n) is 9.16. The van der Waals surface area contributed by atoms with Crippen LogP contribution in [0.2, 0.25) is 21.6 Å². The van der Waals surface area contributed by atoms with E-state index in [0.29, 0.717) is 20.3 Å². The summed E-state index contributed by atoms with van der Waals surface area (Å²) in [5.74, 6) is 0.337. The van der Waals surface area contributed by atoms with E-state index in [1.165, 1.54) is 40.1 Å². The number of carbonyl (C=O) groups excluding carboxylic acids is 1. The molecule has 2 aliphatic heterocycles. The standard InChI is InChI=1S/C40H52ClF3N6O4S2Si/c1-21(2)57(22(3)4,23(5)6)35-29(41)16-30(56-35)31-28(40(42,43)44)15-27-32-33(31)55-20-26(53-36-45-13-12-14-46-36)19-49(32)37(51)47-34(27)48-17-24(7)50(25(8)18-48)38(52)54-39(9,10)11/h12-16,21-26H,17-20H2,1-11H3/t24-,25+,26-/m0/s1. The first-order valence-corrected chi connectivity index (χ1v) is 23.8. The van der Waals surface area contributed by atoms with E-state index in [9.17, 15) is 9.59 Å². The molecule has 3 atom stereocenters. The molecular weight excluding hydrogens is 813 g/mol. The van der Waals surface area contributed by atoms with E-state index >= 15 is 13.2 Å². The van der Waals surface area contributed by atoms with Crippen LogP contribution in [-0.2, 0) is 17.5 Å². The summed E-state index contributed by atoms with van der Waals surface area (Å²) in [4.78, 5) is 44.6. The second kappa shape index (κ2) is 16.0. The van der Waals surface area contributed by atoms with Gasteiger partial charge in [-0.15, -0.1) is 23.1 Å². The van der Waals surface area contributed by atoms with Crippen LogP contribution in [0.3, 0.4) is 0 Å². The zero-order valence-corrected chi connectivity index (χ0v) is 37.7. The molecule has 1 amide bonds. The molecule has 4 aromatic rings. The number of amides is 1. The number of halogens is 4. The van der Waals surface area contributed by atoms with E-state index in [4.69, 9.17) is 21.1 Å². The number of anilines is 1. The molecule has 1 saturated heterocycles. The van der Waals surface area contributed by atoms with Gasteiger partial charge in [0.2, 0.25) is 0 Å².